The van der Waals surface area contributed by atoms with E-state index in [1.54, 1.807) is 24.3 Å². The fourth-order valence-corrected chi connectivity index (χ4v) is 4.48. The second-order valence-corrected chi connectivity index (χ2v) is 9.44. The van der Waals surface area contributed by atoms with Gasteiger partial charge in [-0.2, -0.15) is 0 Å². The van der Waals surface area contributed by atoms with Crippen LogP contribution in [0.15, 0.2) is 95.9 Å². The minimum atomic E-state index is -3.81. The number of carbonyl (C=O) groups is 1. The minimum absolute atomic E-state index is 0.0346. The number of hydrogen-bond acceptors (Lipinski definition) is 4. The van der Waals surface area contributed by atoms with Crippen LogP contribution >= 0.6 is 0 Å². The van der Waals surface area contributed by atoms with E-state index in [0.29, 0.717) is 16.9 Å². The van der Waals surface area contributed by atoms with Gasteiger partial charge in [0.2, 0.25) is 10.0 Å². The summed E-state index contributed by atoms with van der Waals surface area (Å²) in [4.78, 5) is 12.3. The summed E-state index contributed by atoms with van der Waals surface area (Å²) in [5.41, 5.74) is 1.13. The second kappa shape index (κ2) is 10.5. The van der Waals surface area contributed by atoms with E-state index in [2.05, 4.69) is 10.0 Å². The van der Waals surface area contributed by atoms with Gasteiger partial charge in [0, 0.05) is 13.1 Å². The minimum Gasteiger partial charge on any atom is -0.484 e. The van der Waals surface area contributed by atoms with Crippen LogP contribution in [-0.2, 0) is 27.9 Å². The van der Waals surface area contributed by atoms with Gasteiger partial charge in [-0.25, -0.2) is 17.5 Å². The third-order valence-electron chi connectivity index (χ3n) is 5.14. The third-order valence-corrected chi connectivity index (χ3v) is 6.54. The van der Waals surface area contributed by atoms with Gasteiger partial charge in [-0.3, -0.25) is 4.79 Å². The van der Waals surface area contributed by atoms with E-state index in [1.165, 1.54) is 30.3 Å². The van der Waals surface area contributed by atoms with Gasteiger partial charge in [0.15, 0.2) is 6.61 Å². The van der Waals surface area contributed by atoms with E-state index in [1.807, 2.05) is 36.4 Å². The molecule has 0 saturated carbocycles. The highest BCUT2D eigenvalue weighted by Crippen LogP contribution is 2.20. The number of halogens is 1. The maximum absolute atomic E-state index is 13.3. The third kappa shape index (κ3) is 6.18. The Morgan fingerprint density at radius 2 is 1.53 bits per heavy atom. The molecule has 8 heteroatoms. The molecule has 1 amide bonds. The topological polar surface area (TPSA) is 84.5 Å². The van der Waals surface area contributed by atoms with Gasteiger partial charge in [0.1, 0.15) is 11.6 Å². The van der Waals surface area contributed by atoms with Crippen LogP contribution in [0.5, 0.6) is 5.75 Å². The number of ether oxygens (including phenoxy) is 1. The zero-order valence-corrected chi connectivity index (χ0v) is 19.0. The monoisotopic (exact) mass is 478 g/mol. The van der Waals surface area contributed by atoms with Crippen LogP contribution in [0.4, 0.5) is 4.39 Å². The smallest absolute Gasteiger partial charge is 0.258 e. The molecule has 0 bridgehead atoms. The molecule has 0 radical (unpaired) electrons. The number of nitrogens with one attached hydrogen (secondary N) is 2. The maximum Gasteiger partial charge on any atom is 0.258 e. The molecule has 0 atom stereocenters. The molecule has 0 aliphatic carbocycles. The fraction of sp³-hybridized carbons (Fsp3) is 0.115. The van der Waals surface area contributed by atoms with Crippen molar-refractivity contribution in [3.8, 4) is 5.75 Å². The summed E-state index contributed by atoms with van der Waals surface area (Å²) in [6, 6.07) is 25.4. The number of sulfonamides is 1. The van der Waals surface area contributed by atoms with Crippen molar-refractivity contribution in [1.82, 2.24) is 10.0 Å². The number of amides is 1. The van der Waals surface area contributed by atoms with Gasteiger partial charge in [0.25, 0.3) is 5.91 Å². The average molecular weight is 479 g/mol. The van der Waals surface area contributed by atoms with E-state index in [0.717, 1.165) is 10.8 Å². The number of hydrogen-bond donors (Lipinski definition) is 2. The van der Waals surface area contributed by atoms with Crippen LogP contribution < -0.4 is 14.8 Å². The van der Waals surface area contributed by atoms with Gasteiger partial charge in [-0.05, 0) is 58.3 Å². The summed E-state index contributed by atoms with van der Waals surface area (Å²) in [7, 11) is -3.81. The molecule has 4 aromatic carbocycles. The molecule has 0 unspecified atom stereocenters. The Labute approximate surface area is 197 Å². The normalized spacial score (nSPS) is 11.3. The molecule has 174 valence electrons. The predicted octanol–water partition coefficient (Wildman–Crippen LogP) is 4.15. The van der Waals surface area contributed by atoms with Crippen molar-refractivity contribution >= 4 is 26.7 Å². The van der Waals surface area contributed by atoms with Gasteiger partial charge < -0.3 is 10.1 Å². The maximum atomic E-state index is 13.3. The molecule has 0 aliphatic heterocycles. The zero-order chi connectivity index (χ0) is 24.0. The van der Waals surface area contributed by atoms with Crippen molar-refractivity contribution in [1.29, 1.82) is 0 Å². The summed E-state index contributed by atoms with van der Waals surface area (Å²) >= 11 is 0. The van der Waals surface area contributed by atoms with E-state index in [-0.39, 0.29) is 30.5 Å². The predicted molar refractivity (Wildman–Crippen MR) is 128 cm³/mol. The number of fused-ring (bicyclic) bond motifs is 1. The average Bonchev–Trinajstić information content (AvgIpc) is 2.85. The Morgan fingerprint density at radius 1 is 0.794 bits per heavy atom. The first-order valence-corrected chi connectivity index (χ1v) is 12.1. The Bertz CT molecular complexity index is 1420. The fourth-order valence-electron chi connectivity index (χ4n) is 3.39. The van der Waals surface area contributed by atoms with E-state index in [9.17, 15) is 17.6 Å². The first-order chi connectivity index (χ1) is 16.4. The van der Waals surface area contributed by atoms with Gasteiger partial charge >= 0.3 is 0 Å². The molecule has 0 fully saturated rings. The number of rotatable bonds is 9. The molecule has 0 saturated heterocycles. The van der Waals surface area contributed by atoms with Crippen molar-refractivity contribution in [2.24, 2.45) is 0 Å². The van der Waals surface area contributed by atoms with E-state index >= 15 is 0 Å². The van der Waals surface area contributed by atoms with Crippen LogP contribution in [-0.4, -0.2) is 20.9 Å². The van der Waals surface area contributed by atoms with Crippen molar-refractivity contribution in [2.75, 3.05) is 6.61 Å². The molecule has 0 spiro atoms. The van der Waals surface area contributed by atoms with Gasteiger partial charge in [-0.1, -0.05) is 54.6 Å². The van der Waals surface area contributed by atoms with Crippen molar-refractivity contribution < 1.29 is 22.3 Å². The number of carbonyl (C=O) groups excluding carboxylic acids is 1. The molecule has 2 N–H and O–H groups in total. The molecule has 0 aliphatic rings. The van der Waals surface area contributed by atoms with Crippen molar-refractivity contribution in [3.63, 3.8) is 0 Å². The Morgan fingerprint density at radius 3 is 2.32 bits per heavy atom. The van der Waals surface area contributed by atoms with E-state index < -0.39 is 15.8 Å². The van der Waals surface area contributed by atoms with E-state index in [4.69, 9.17) is 4.74 Å². The first kappa shape index (κ1) is 23.4. The highest BCUT2D eigenvalue weighted by atomic mass is 32.2. The summed E-state index contributed by atoms with van der Waals surface area (Å²) in [5, 5.41) is 4.83. The molecule has 4 aromatic rings. The van der Waals surface area contributed by atoms with Gasteiger partial charge in [0.05, 0.1) is 4.90 Å². The van der Waals surface area contributed by atoms with Crippen LogP contribution in [0.1, 0.15) is 11.1 Å². The second-order valence-electron chi connectivity index (χ2n) is 7.68. The zero-order valence-electron chi connectivity index (χ0n) is 18.2. The summed E-state index contributed by atoms with van der Waals surface area (Å²) in [5.74, 6) is -0.170. The molecule has 0 aromatic heterocycles. The van der Waals surface area contributed by atoms with Crippen LogP contribution in [0.25, 0.3) is 10.8 Å². The lowest BCUT2D eigenvalue weighted by atomic mass is 10.1. The molecule has 0 heterocycles. The van der Waals surface area contributed by atoms with Crippen LogP contribution in [0, 0.1) is 5.82 Å². The quantitative estimate of drug-likeness (QED) is 0.379. The molecule has 6 nitrogen and oxygen atoms in total. The lowest BCUT2D eigenvalue weighted by Crippen LogP contribution is -2.28. The Balaban J connectivity index is 1.31. The SMILES string of the molecule is O=C(COc1ccc2ccccc2c1)NCc1cccc(S(=O)(=O)NCc2cccc(F)c2)c1. The molecule has 4 rings (SSSR count). The largest absolute Gasteiger partial charge is 0.484 e. The highest BCUT2D eigenvalue weighted by molar-refractivity contribution is 7.89. The van der Waals surface area contributed by atoms with Crippen LogP contribution in [0.3, 0.4) is 0 Å². The molecular formula is C26H23FN2O4S. The summed E-state index contributed by atoms with van der Waals surface area (Å²) in [6.07, 6.45) is 0. The van der Waals surface area contributed by atoms with Crippen LogP contribution in [0.2, 0.25) is 0 Å². The number of benzene rings is 4. The first-order valence-electron chi connectivity index (χ1n) is 10.6. The summed E-state index contributed by atoms with van der Waals surface area (Å²) < 4.78 is 46.6. The lowest BCUT2D eigenvalue weighted by Gasteiger charge is -2.10. The Kier molecular flexibility index (Phi) is 7.20. The van der Waals surface area contributed by atoms with Gasteiger partial charge in [-0.15, -0.1) is 0 Å². The molecular weight excluding hydrogens is 455 g/mol. The lowest BCUT2D eigenvalue weighted by molar-refractivity contribution is -0.123. The summed E-state index contributed by atoms with van der Waals surface area (Å²) in [6.45, 7) is -0.0497. The Hall–Kier alpha value is -3.75. The van der Waals surface area contributed by atoms with Crippen molar-refractivity contribution in [2.45, 2.75) is 18.0 Å². The highest BCUT2D eigenvalue weighted by Gasteiger charge is 2.14. The molecule has 34 heavy (non-hydrogen) atoms. The van der Waals surface area contributed by atoms with Crippen molar-refractivity contribution in [3.05, 3.63) is 108 Å². The standard InChI is InChI=1S/C26H23FN2O4S/c27-23-9-3-5-19(13-23)17-29-34(31,32)25-10-4-6-20(14-25)16-28-26(30)18-33-24-12-11-21-7-1-2-8-22(21)15-24/h1-15,29H,16-18H2,(H,28,30).